The lowest BCUT2D eigenvalue weighted by atomic mass is 9.73. The molecule has 2 saturated heterocycles. The Morgan fingerprint density at radius 3 is 2.85 bits per heavy atom. The number of likely N-dealkylation sites (tertiary alicyclic amines) is 1. The Kier molecular flexibility index (Phi) is 4.02. The van der Waals surface area contributed by atoms with Crippen LogP contribution >= 0.6 is 0 Å². The molecule has 2 aliphatic heterocycles. The Morgan fingerprint density at radius 1 is 1.40 bits per heavy atom. The van der Waals surface area contributed by atoms with Crippen molar-refractivity contribution >= 4 is 5.97 Å². The molecule has 1 saturated carbocycles. The number of carbonyl (C=O) groups is 1. The molecule has 3 aliphatic rings. The number of ether oxygens (including phenoxy) is 3. The fourth-order valence-corrected chi connectivity index (χ4v) is 4.17. The van der Waals surface area contributed by atoms with Gasteiger partial charge in [0.15, 0.2) is 5.79 Å². The van der Waals surface area contributed by atoms with Crippen LogP contribution < -0.4 is 0 Å². The number of fused-ring (bicyclic) bond motifs is 1. The lowest BCUT2D eigenvalue weighted by Gasteiger charge is -2.49. The van der Waals surface area contributed by atoms with Gasteiger partial charge in [-0.2, -0.15) is 0 Å². The third kappa shape index (κ3) is 2.59. The van der Waals surface area contributed by atoms with Gasteiger partial charge in [-0.25, -0.2) is 0 Å². The molecule has 0 amide bonds. The minimum atomic E-state index is -0.363. The second kappa shape index (κ2) is 5.62. The minimum Gasteiger partial charge on any atom is -0.466 e. The zero-order valence-electron chi connectivity index (χ0n) is 12.5. The van der Waals surface area contributed by atoms with Crippen molar-refractivity contribution in [3.63, 3.8) is 0 Å². The van der Waals surface area contributed by atoms with Crippen LogP contribution in [0.3, 0.4) is 0 Å². The summed E-state index contributed by atoms with van der Waals surface area (Å²) < 4.78 is 16.9. The zero-order valence-corrected chi connectivity index (χ0v) is 12.5. The average Bonchev–Trinajstić information content (AvgIpc) is 2.86. The van der Waals surface area contributed by atoms with Crippen LogP contribution in [0.1, 0.15) is 32.6 Å². The number of hydrogen-bond donors (Lipinski definition) is 0. The Hall–Kier alpha value is -0.650. The fourth-order valence-electron chi connectivity index (χ4n) is 4.17. The monoisotopic (exact) mass is 283 g/mol. The van der Waals surface area contributed by atoms with Crippen LogP contribution in [-0.4, -0.2) is 56.1 Å². The van der Waals surface area contributed by atoms with Crippen LogP contribution in [0.5, 0.6) is 0 Å². The van der Waals surface area contributed by atoms with Gasteiger partial charge in [-0.15, -0.1) is 0 Å². The van der Waals surface area contributed by atoms with Crippen molar-refractivity contribution in [3.8, 4) is 0 Å². The van der Waals surface area contributed by atoms with Crippen LogP contribution in [0.4, 0.5) is 0 Å². The van der Waals surface area contributed by atoms with Gasteiger partial charge in [0.05, 0.1) is 25.7 Å². The van der Waals surface area contributed by atoms with Crippen LogP contribution in [-0.2, 0) is 19.0 Å². The SMILES string of the molecule is CCOC(=O)[C@@H]1C[C@@H]2CC3(CC[C@H]2N(C)C1)OCCO3. The fraction of sp³-hybridized carbons (Fsp3) is 0.933. The highest BCUT2D eigenvalue weighted by atomic mass is 16.7. The van der Waals surface area contributed by atoms with E-state index < -0.39 is 0 Å². The molecule has 3 fully saturated rings. The topological polar surface area (TPSA) is 48.0 Å². The van der Waals surface area contributed by atoms with Crippen LogP contribution in [0.2, 0.25) is 0 Å². The van der Waals surface area contributed by atoms with Gasteiger partial charge in [0, 0.05) is 25.4 Å². The summed E-state index contributed by atoms with van der Waals surface area (Å²) in [5.41, 5.74) is 0. The van der Waals surface area contributed by atoms with E-state index in [1.807, 2.05) is 6.92 Å². The third-order valence-corrected chi connectivity index (χ3v) is 5.03. The summed E-state index contributed by atoms with van der Waals surface area (Å²) in [6.07, 6.45) is 3.89. The first kappa shape index (κ1) is 14.3. The zero-order chi connectivity index (χ0) is 14.2. The summed E-state index contributed by atoms with van der Waals surface area (Å²) in [5.74, 6) is 0.0527. The number of hydrogen-bond acceptors (Lipinski definition) is 5. The van der Waals surface area contributed by atoms with E-state index in [0.29, 0.717) is 31.8 Å². The first-order valence-electron chi connectivity index (χ1n) is 7.78. The first-order valence-corrected chi connectivity index (χ1v) is 7.78. The molecular weight excluding hydrogens is 258 g/mol. The molecule has 5 nitrogen and oxygen atoms in total. The second-order valence-corrected chi connectivity index (χ2v) is 6.30. The van der Waals surface area contributed by atoms with Gasteiger partial charge in [0.25, 0.3) is 0 Å². The van der Waals surface area contributed by atoms with Gasteiger partial charge in [0.2, 0.25) is 0 Å². The number of rotatable bonds is 2. The highest BCUT2D eigenvalue weighted by Gasteiger charge is 2.49. The molecule has 3 atom stereocenters. The molecule has 0 aromatic rings. The van der Waals surface area contributed by atoms with E-state index >= 15 is 0 Å². The predicted molar refractivity (Wildman–Crippen MR) is 73.1 cm³/mol. The smallest absolute Gasteiger partial charge is 0.310 e. The molecular formula is C15H25NO4. The van der Waals surface area contributed by atoms with Crippen molar-refractivity contribution in [2.45, 2.75) is 44.4 Å². The molecule has 0 bridgehead atoms. The molecule has 3 rings (SSSR count). The van der Waals surface area contributed by atoms with Gasteiger partial charge >= 0.3 is 5.97 Å². The highest BCUT2D eigenvalue weighted by molar-refractivity contribution is 5.72. The molecule has 1 spiro atoms. The van der Waals surface area contributed by atoms with Crippen molar-refractivity contribution in [3.05, 3.63) is 0 Å². The summed E-state index contributed by atoms with van der Waals surface area (Å²) in [7, 11) is 2.12. The van der Waals surface area contributed by atoms with E-state index in [-0.39, 0.29) is 17.7 Å². The second-order valence-electron chi connectivity index (χ2n) is 6.30. The largest absolute Gasteiger partial charge is 0.466 e. The van der Waals surface area contributed by atoms with E-state index in [2.05, 4.69) is 11.9 Å². The molecule has 0 N–H and O–H groups in total. The molecule has 20 heavy (non-hydrogen) atoms. The molecule has 114 valence electrons. The van der Waals surface area contributed by atoms with Crippen LogP contribution in [0.15, 0.2) is 0 Å². The summed E-state index contributed by atoms with van der Waals surface area (Å²) in [6, 6.07) is 0.555. The van der Waals surface area contributed by atoms with E-state index in [1.165, 1.54) is 0 Å². The lowest BCUT2D eigenvalue weighted by Crippen LogP contribution is -2.54. The maximum Gasteiger partial charge on any atom is 0.310 e. The summed E-state index contributed by atoms with van der Waals surface area (Å²) in [6.45, 7) is 4.55. The average molecular weight is 283 g/mol. The molecule has 1 aliphatic carbocycles. The lowest BCUT2D eigenvalue weighted by molar-refractivity contribution is -0.203. The maximum atomic E-state index is 12.0. The first-order chi connectivity index (χ1) is 9.63. The van der Waals surface area contributed by atoms with Gasteiger partial charge in [-0.3, -0.25) is 4.79 Å². The Morgan fingerprint density at radius 2 is 2.15 bits per heavy atom. The van der Waals surface area contributed by atoms with E-state index in [1.54, 1.807) is 0 Å². The quantitative estimate of drug-likeness (QED) is 0.717. The van der Waals surface area contributed by atoms with Crippen molar-refractivity contribution in [1.82, 2.24) is 4.90 Å². The van der Waals surface area contributed by atoms with E-state index in [0.717, 1.165) is 32.2 Å². The van der Waals surface area contributed by atoms with Crippen molar-refractivity contribution in [2.75, 3.05) is 33.4 Å². The van der Waals surface area contributed by atoms with Gasteiger partial charge in [-0.05, 0) is 32.7 Å². The Balaban J connectivity index is 1.68. The maximum absolute atomic E-state index is 12.0. The molecule has 2 heterocycles. The molecule has 0 radical (unpaired) electrons. The van der Waals surface area contributed by atoms with Gasteiger partial charge < -0.3 is 19.1 Å². The number of carbonyl (C=O) groups excluding carboxylic acids is 1. The molecule has 0 aromatic heterocycles. The molecule has 5 heteroatoms. The van der Waals surface area contributed by atoms with Crippen LogP contribution in [0.25, 0.3) is 0 Å². The summed E-state index contributed by atoms with van der Waals surface area (Å²) in [4.78, 5) is 14.4. The van der Waals surface area contributed by atoms with Gasteiger partial charge in [0.1, 0.15) is 0 Å². The predicted octanol–water partition coefficient (Wildman–Crippen LogP) is 1.41. The number of piperidine rings is 1. The van der Waals surface area contributed by atoms with E-state index in [4.69, 9.17) is 14.2 Å². The Labute approximate surface area is 120 Å². The van der Waals surface area contributed by atoms with Gasteiger partial charge in [-0.1, -0.05) is 0 Å². The third-order valence-electron chi connectivity index (χ3n) is 5.03. The van der Waals surface area contributed by atoms with Crippen molar-refractivity contribution in [2.24, 2.45) is 11.8 Å². The normalized spacial score (nSPS) is 36.8. The van der Waals surface area contributed by atoms with Crippen molar-refractivity contribution < 1.29 is 19.0 Å². The number of esters is 1. The van der Waals surface area contributed by atoms with Crippen LogP contribution in [0, 0.1) is 11.8 Å². The molecule has 0 aromatic carbocycles. The van der Waals surface area contributed by atoms with E-state index in [9.17, 15) is 4.79 Å². The minimum absolute atomic E-state index is 0.00208. The van der Waals surface area contributed by atoms with Crippen molar-refractivity contribution in [1.29, 1.82) is 0 Å². The highest BCUT2D eigenvalue weighted by Crippen LogP contribution is 2.44. The number of nitrogens with zero attached hydrogens (tertiary/aromatic N) is 1. The molecule has 0 unspecified atom stereocenters. The summed E-state index contributed by atoms with van der Waals surface area (Å²) >= 11 is 0. The Bertz CT molecular complexity index is 367. The summed E-state index contributed by atoms with van der Waals surface area (Å²) in [5, 5.41) is 0. The standard InChI is InChI=1S/C15H25NO4/c1-3-18-14(17)12-8-11-9-15(19-6-7-20-15)5-4-13(11)16(2)10-12/h11-13H,3-10H2,1-2H3/t11-,12-,13-/m1/s1.